The standard InChI is InChI=1S/C50H33NO/c1-2-11-40-33-41(24-23-34(40)9-1)37-21-19-35(20-22-37)36-25-29-42(30-26-36)51(48-17-7-12-38-10-3-4-13-44(38)48)43-31-27-39(28-32-43)45-15-8-16-47-46-14-5-6-18-49(46)52-50(45)47/h1-33H. The van der Waals surface area contributed by atoms with Gasteiger partial charge in [0, 0.05) is 33.1 Å². The highest BCUT2D eigenvalue weighted by Crippen LogP contribution is 2.41. The maximum absolute atomic E-state index is 6.38. The largest absolute Gasteiger partial charge is 0.455 e. The van der Waals surface area contributed by atoms with E-state index in [1.807, 2.05) is 12.1 Å². The number of nitrogens with zero attached hydrogens (tertiary/aromatic N) is 1. The molecule has 0 atom stereocenters. The number of fused-ring (bicyclic) bond motifs is 5. The number of furan rings is 1. The van der Waals surface area contributed by atoms with Gasteiger partial charge in [0.25, 0.3) is 0 Å². The second-order valence-electron chi connectivity index (χ2n) is 13.3. The Hall–Kier alpha value is -6.90. The van der Waals surface area contributed by atoms with E-state index in [9.17, 15) is 0 Å². The summed E-state index contributed by atoms with van der Waals surface area (Å²) >= 11 is 0. The van der Waals surface area contributed by atoms with Crippen LogP contribution in [0.1, 0.15) is 0 Å². The van der Waals surface area contributed by atoms with Gasteiger partial charge >= 0.3 is 0 Å². The Morgan fingerprint density at radius 3 is 1.60 bits per heavy atom. The van der Waals surface area contributed by atoms with Crippen molar-refractivity contribution >= 4 is 60.5 Å². The molecule has 0 aliphatic rings. The van der Waals surface area contributed by atoms with Gasteiger partial charge in [-0.1, -0.05) is 158 Å². The maximum atomic E-state index is 6.38. The van der Waals surface area contributed by atoms with Crippen molar-refractivity contribution in [1.29, 1.82) is 0 Å². The number of anilines is 3. The van der Waals surface area contributed by atoms with Gasteiger partial charge in [0.15, 0.2) is 0 Å². The van der Waals surface area contributed by atoms with Crippen molar-refractivity contribution in [3.8, 4) is 33.4 Å². The minimum Gasteiger partial charge on any atom is -0.455 e. The average Bonchev–Trinajstić information content (AvgIpc) is 3.61. The summed E-state index contributed by atoms with van der Waals surface area (Å²) in [5, 5.41) is 7.21. The summed E-state index contributed by atoms with van der Waals surface area (Å²) in [5.74, 6) is 0. The average molecular weight is 664 g/mol. The van der Waals surface area contributed by atoms with Crippen LogP contribution in [-0.4, -0.2) is 0 Å². The van der Waals surface area contributed by atoms with Crippen molar-refractivity contribution in [2.75, 3.05) is 4.90 Å². The van der Waals surface area contributed by atoms with Gasteiger partial charge < -0.3 is 9.32 Å². The van der Waals surface area contributed by atoms with Crippen LogP contribution in [0.3, 0.4) is 0 Å². The van der Waals surface area contributed by atoms with Crippen LogP contribution in [-0.2, 0) is 0 Å². The highest BCUT2D eigenvalue weighted by Gasteiger charge is 2.17. The summed E-state index contributed by atoms with van der Waals surface area (Å²) in [6.07, 6.45) is 0. The van der Waals surface area contributed by atoms with E-state index in [0.29, 0.717) is 0 Å². The van der Waals surface area contributed by atoms with Gasteiger partial charge in [-0.15, -0.1) is 0 Å². The molecule has 2 nitrogen and oxygen atoms in total. The van der Waals surface area contributed by atoms with Crippen LogP contribution in [0.5, 0.6) is 0 Å². The first kappa shape index (κ1) is 30.0. The zero-order valence-electron chi connectivity index (χ0n) is 28.4. The highest BCUT2D eigenvalue weighted by atomic mass is 16.3. The van der Waals surface area contributed by atoms with Gasteiger partial charge in [0.1, 0.15) is 11.2 Å². The van der Waals surface area contributed by atoms with E-state index >= 15 is 0 Å². The molecule has 10 rings (SSSR count). The lowest BCUT2D eigenvalue weighted by atomic mass is 9.98. The third kappa shape index (κ3) is 5.21. The first-order valence-corrected chi connectivity index (χ1v) is 17.8. The Morgan fingerprint density at radius 1 is 0.327 bits per heavy atom. The summed E-state index contributed by atoms with van der Waals surface area (Å²) in [5.41, 5.74) is 12.2. The third-order valence-electron chi connectivity index (χ3n) is 10.3. The van der Waals surface area contributed by atoms with Crippen LogP contribution >= 0.6 is 0 Å². The van der Waals surface area contributed by atoms with Crippen LogP contribution < -0.4 is 4.90 Å². The van der Waals surface area contributed by atoms with Crippen molar-refractivity contribution in [3.05, 3.63) is 200 Å². The molecular weight excluding hydrogens is 631 g/mol. The summed E-state index contributed by atoms with van der Waals surface area (Å²) in [4.78, 5) is 2.36. The van der Waals surface area contributed by atoms with E-state index < -0.39 is 0 Å². The lowest BCUT2D eigenvalue weighted by molar-refractivity contribution is 0.670. The van der Waals surface area contributed by atoms with Crippen LogP contribution in [0.2, 0.25) is 0 Å². The monoisotopic (exact) mass is 663 g/mol. The fourth-order valence-corrected chi connectivity index (χ4v) is 7.62. The van der Waals surface area contributed by atoms with E-state index in [4.69, 9.17) is 4.42 Å². The van der Waals surface area contributed by atoms with Crippen molar-refractivity contribution < 1.29 is 4.42 Å². The van der Waals surface area contributed by atoms with Gasteiger partial charge in [-0.2, -0.15) is 0 Å². The molecule has 0 radical (unpaired) electrons. The summed E-state index contributed by atoms with van der Waals surface area (Å²) in [6.45, 7) is 0. The van der Waals surface area contributed by atoms with Crippen LogP contribution in [0.4, 0.5) is 17.1 Å². The van der Waals surface area contributed by atoms with Crippen LogP contribution in [0.25, 0.3) is 76.9 Å². The number of para-hydroxylation sites is 2. The fraction of sp³-hybridized carbons (Fsp3) is 0. The zero-order valence-corrected chi connectivity index (χ0v) is 28.4. The van der Waals surface area contributed by atoms with Gasteiger partial charge in [0.05, 0.1) is 5.69 Å². The first-order valence-electron chi connectivity index (χ1n) is 17.8. The quantitative estimate of drug-likeness (QED) is 0.176. The molecule has 0 saturated carbocycles. The van der Waals surface area contributed by atoms with Gasteiger partial charge in [-0.05, 0) is 86.4 Å². The summed E-state index contributed by atoms with van der Waals surface area (Å²) in [6, 6.07) is 71.7. The van der Waals surface area contributed by atoms with E-state index in [-0.39, 0.29) is 0 Å². The van der Waals surface area contributed by atoms with Crippen molar-refractivity contribution in [2.24, 2.45) is 0 Å². The second-order valence-corrected chi connectivity index (χ2v) is 13.3. The molecule has 0 saturated heterocycles. The number of benzene rings is 9. The molecule has 0 N–H and O–H groups in total. The minimum atomic E-state index is 0.910. The maximum Gasteiger partial charge on any atom is 0.143 e. The van der Waals surface area contributed by atoms with E-state index in [2.05, 4.69) is 193 Å². The zero-order chi connectivity index (χ0) is 34.4. The van der Waals surface area contributed by atoms with Crippen LogP contribution in [0, 0.1) is 0 Å². The number of hydrogen-bond acceptors (Lipinski definition) is 2. The predicted octanol–water partition coefficient (Wildman–Crippen LogP) is 14.4. The Balaban J connectivity index is 1.01. The Morgan fingerprint density at radius 2 is 0.846 bits per heavy atom. The van der Waals surface area contributed by atoms with E-state index in [0.717, 1.165) is 50.1 Å². The molecule has 10 aromatic rings. The second kappa shape index (κ2) is 12.5. The molecule has 0 unspecified atom stereocenters. The van der Waals surface area contributed by atoms with E-state index in [1.165, 1.54) is 43.8 Å². The van der Waals surface area contributed by atoms with Gasteiger partial charge in [0.2, 0.25) is 0 Å². The molecule has 244 valence electrons. The molecule has 0 amide bonds. The number of rotatable bonds is 6. The summed E-state index contributed by atoms with van der Waals surface area (Å²) < 4.78 is 6.38. The van der Waals surface area contributed by atoms with Crippen molar-refractivity contribution in [1.82, 2.24) is 0 Å². The van der Waals surface area contributed by atoms with E-state index in [1.54, 1.807) is 0 Å². The first-order chi connectivity index (χ1) is 25.8. The molecule has 0 spiro atoms. The van der Waals surface area contributed by atoms with Crippen molar-refractivity contribution in [2.45, 2.75) is 0 Å². The van der Waals surface area contributed by atoms with Gasteiger partial charge in [-0.3, -0.25) is 0 Å². The molecular formula is C50H33NO. The third-order valence-corrected chi connectivity index (χ3v) is 10.3. The molecule has 2 heteroatoms. The topological polar surface area (TPSA) is 16.4 Å². The molecule has 0 aliphatic heterocycles. The number of hydrogen-bond donors (Lipinski definition) is 0. The normalized spacial score (nSPS) is 11.5. The fourth-order valence-electron chi connectivity index (χ4n) is 7.62. The van der Waals surface area contributed by atoms with Crippen molar-refractivity contribution in [3.63, 3.8) is 0 Å². The Labute approximate surface area is 302 Å². The predicted molar refractivity (Wildman–Crippen MR) is 220 cm³/mol. The SMILES string of the molecule is c1ccc2cc(-c3ccc(-c4ccc(N(c5ccc(-c6cccc7c6oc6ccccc67)cc5)c5cccc6ccccc56)cc4)cc3)ccc2c1. The molecule has 0 aliphatic carbocycles. The molecule has 0 bridgehead atoms. The molecule has 1 aromatic heterocycles. The Bertz CT molecular complexity index is 2880. The molecule has 52 heavy (non-hydrogen) atoms. The molecule has 1 heterocycles. The minimum absolute atomic E-state index is 0.910. The molecule has 0 fully saturated rings. The lowest BCUT2D eigenvalue weighted by Crippen LogP contribution is -2.10. The smallest absolute Gasteiger partial charge is 0.143 e. The Kier molecular flexibility index (Phi) is 7.18. The van der Waals surface area contributed by atoms with Gasteiger partial charge in [-0.25, -0.2) is 0 Å². The molecule has 9 aromatic carbocycles. The highest BCUT2D eigenvalue weighted by molar-refractivity contribution is 6.09. The summed E-state index contributed by atoms with van der Waals surface area (Å²) in [7, 11) is 0. The van der Waals surface area contributed by atoms with Crippen LogP contribution in [0.15, 0.2) is 205 Å². The lowest BCUT2D eigenvalue weighted by Gasteiger charge is -2.27.